The first-order chi connectivity index (χ1) is 13.7. The van der Waals surface area contributed by atoms with Gasteiger partial charge in [-0.25, -0.2) is 0 Å². The number of nitrogens with one attached hydrogen (secondary N) is 1. The molecule has 154 valence electrons. The first kappa shape index (κ1) is 22.1. The van der Waals surface area contributed by atoms with Crippen LogP contribution >= 0.6 is 0 Å². The van der Waals surface area contributed by atoms with Crippen LogP contribution in [0.25, 0.3) is 0 Å². The quantitative estimate of drug-likeness (QED) is 0.507. The first-order valence-corrected chi connectivity index (χ1v) is 9.82. The number of nitrogens with zero attached hydrogens (tertiary/aromatic N) is 3. The zero-order valence-electron chi connectivity index (χ0n) is 17.1. The van der Waals surface area contributed by atoms with Gasteiger partial charge >= 0.3 is 0 Å². The van der Waals surface area contributed by atoms with Gasteiger partial charge in [0.15, 0.2) is 11.5 Å². The molecule has 0 saturated heterocycles. The summed E-state index contributed by atoms with van der Waals surface area (Å²) in [4.78, 5) is 10.5. The Morgan fingerprint density at radius 3 is 2.68 bits per heavy atom. The molecule has 1 atom stereocenters. The second-order valence-corrected chi connectivity index (χ2v) is 6.56. The molecule has 1 heterocycles. The Labute approximate surface area is 167 Å². The van der Waals surface area contributed by atoms with Crippen molar-refractivity contribution >= 4 is 0 Å². The Morgan fingerprint density at radius 1 is 1.18 bits per heavy atom. The fraction of sp³-hybridized carbons (Fsp3) is 0.524. The minimum absolute atomic E-state index is 0.239. The van der Waals surface area contributed by atoms with Gasteiger partial charge in [-0.15, -0.1) is 0 Å². The standard InChI is InChI=1S/C21H32N4O3/c1-4-25(5-2)15-19(26)16-28-20-7-6-17(12-21(20)27-3)13-22-9-8-18-14-23-10-11-24-18/h6-7,10-12,14,19,22,26H,4-5,8-9,13,15-16H2,1-3H3/t19-/m1/s1. The SMILES string of the molecule is CCN(CC)C[C@@H](O)COc1ccc(CNCCc2cnccn2)cc1OC. The summed E-state index contributed by atoms with van der Waals surface area (Å²) in [7, 11) is 1.62. The molecule has 2 N–H and O–H groups in total. The van der Waals surface area contributed by atoms with Crippen molar-refractivity contribution in [1.29, 1.82) is 0 Å². The number of methoxy groups -OCH3 is 1. The summed E-state index contributed by atoms with van der Waals surface area (Å²) in [6, 6.07) is 5.86. The van der Waals surface area contributed by atoms with Gasteiger partial charge in [0.05, 0.1) is 12.8 Å². The van der Waals surface area contributed by atoms with E-state index in [0.29, 0.717) is 18.0 Å². The lowest BCUT2D eigenvalue weighted by Crippen LogP contribution is -2.35. The van der Waals surface area contributed by atoms with E-state index in [-0.39, 0.29) is 6.61 Å². The van der Waals surface area contributed by atoms with Crippen LogP contribution in [-0.2, 0) is 13.0 Å². The molecule has 0 aliphatic carbocycles. The largest absolute Gasteiger partial charge is 0.493 e. The van der Waals surface area contributed by atoms with Gasteiger partial charge in [0.1, 0.15) is 12.7 Å². The van der Waals surface area contributed by atoms with Crippen LogP contribution in [0.5, 0.6) is 11.5 Å². The van der Waals surface area contributed by atoms with E-state index in [4.69, 9.17) is 9.47 Å². The third-order valence-corrected chi connectivity index (χ3v) is 4.53. The van der Waals surface area contributed by atoms with Crippen molar-refractivity contribution in [2.45, 2.75) is 32.9 Å². The van der Waals surface area contributed by atoms with Crippen molar-refractivity contribution in [3.05, 3.63) is 48.0 Å². The molecule has 0 amide bonds. The number of hydrogen-bond donors (Lipinski definition) is 2. The van der Waals surface area contributed by atoms with Gasteiger partial charge in [-0.2, -0.15) is 0 Å². The highest BCUT2D eigenvalue weighted by molar-refractivity contribution is 5.43. The van der Waals surface area contributed by atoms with Crippen LogP contribution in [0.15, 0.2) is 36.8 Å². The molecule has 0 saturated carbocycles. The van der Waals surface area contributed by atoms with Crippen LogP contribution in [0.1, 0.15) is 25.1 Å². The molecule has 0 spiro atoms. The molecule has 0 radical (unpaired) electrons. The second kappa shape index (κ2) is 12.3. The van der Waals surface area contributed by atoms with Crippen molar-refractivity contribution in [1.82, 2.24) is 20.2 Å². The summed E-state index contributed by atoms with van der Waals surface area (Å²) in [5.74, 6) is 1.31. The van der Waals surface area contributed by atoms with Crippen molar-refractivity contribution in [3.63, 3.8) is 0 Å². The number of likely N-dealkylation sites (N-methyl/N-ethyl adjacent to an activating group) is 1. The molecule has 7 nitrogen and oxygen atoms in total. The number of hydrogen-bond acceptors (Lipinski definition) is 7. The number of rotatable bonds is 13. The predicted octanol–water partition coefficient (Wildman–Crippen LogP) is 1.90. The molecule has 0 aliphatic heterocycles. The Hall–Kier alpha value is -2.22. The highest BCUT2D eigenvalue weighted by atomic mass is 16.5. The van der Waals surface area contributed by atoms with E-state index in [1.54, 1.807) is 25.7 Å². The van der Waals surface area contributed by atoms with E-state index in [0.717, 1.165) is 43.9 Å². The Balaban J connectivity index is 1.80. The highest BCUT2D eigenvalue weighted by Crippen LogP contribution is 2.28. The zero-order chi connectivity index (χ0) is 20.2. The van der Waals surface area contributed by atoms with E-state index in [1.165, 1.54) is 0 Å². The van der Waals surface area contributed by atoms with Crippen LogP contribution < -0.4 is 14.8 Å². The van der Waals surface area contributed by atoms with Crippen LogP contribution in [0, 0.1) is 0 Å². The first-order valence-electron chi connectivity index (χ1n) is 9.82. The van der Waals surface area contributed by atoms with E-state index < -0.39 is 6.10 Å². The number of aliphatic hydroxyl groups is 1. The van der Waals surface area contributed by atoms with Gasteiger partial charge in [-0.05, 0) is 30.8 Å². The van der Waals surface area contributed by atoms with E-state index in [2.05, 4.69) is 34.0 Å². The van der Waals surface area contributed by atoms with E-state index >= 15 is 0 Å². The minimum atomic E-state index is -0.535. The minimum Gasteiger partial charge on any atom is -0.493 e. The molecular weight excluding hydrogens is 356 g/mol. The molecular formula is C21H32N4O3. The lowest BCUT2D eigenvalue weighted by atomic mass is 10.2. The van der Waals surface area contributed by atoms with Crippen LogP contribution in [0.2, 0.25) is 0 Å². The number of aliphatic hydroxyl groups excluding tert-OH is 1. The molecule has 7 heteroatoms. The Kier molecular flexibility index (Phi) is 9.68. The molecule has 1 aromatic carbocycles. The summed E-state index contributed by atoms with van der Waals surface area (Å²) in [6.45, 7) is 8.37. The maximum atomic E-state index is 10.2. The highest BCUT2D eigenvalue weighted by Gasteiger charge is 2.12. The van der Waals surface area contributed by atoms with Gasteiger partial charge in [-0.1, -0.05) is 19.9 Å². The van der Waals surface area contributed by atoms with Gasteiger partial charge < -0.3 is 24.8 Å². The zero-order valence-corrected chi connectivity index (χ0v) is 17.1. The monoisotopic (exact) mass is 388 g/mol. The number of benzene rings is 1. The van der Waals surface area contributed by atoms with E-state index in [1.807, 2.05) is 18.2 Å². The van der Waals surface area contributed by atoms with Gasteiger partial charge in [0.25, 0.3) is 0 Å². The molecule has 2 aromatic rings. The van der Waals surface area contributed by atoms with Crippen LogP contribution in [-0.4, -0.2) is 66.0 Å². The fourth-order valence-electron chi connectivity index (χ4n) is 2.87. The smallest absolute Gasteiger partial charge is 0.161 e. The van der Waals surface area contributed by atoms with Crippen molar-refractivity contribution in [2.75, 3.05) is 39.9 Å². The molecule has 0 fully saturated rings. The van der Waals surface area contributed by atoms with Crippen molar-refractivity contribution in [2.24, 2.45) is 0 Å². The summed E-state index contributed by atoms with van der Waals surface area (Å²) in [5.41, 5.74) is 2.08. The maximum Gasteiger partial charge on any atom is 0.161 e. The van der Waals surface area contributed by atoms with Crippen LogP contribution in [0.3, 0.4) is 0 Å². The summed E-state index contributed by atoms with van der Waals surface area (Å²) in [6.07, 6.45) is 5.46. The van der Waals surface area contributed by atoms with Crippen LogP contribution in [0.4, 0.5) is 0 Å². The summed E-state index contributed by atoms with van der Waals surface area (Å²) in [5, 5.41) is 13.6. The Morgan fingerprint density at radius 2 is 2.00 bits per heavy atom. The number of ether oxygens (including phenoxy) is 2. The topological polar surface area (TPSA) is 79.7 Å². The van der Waals surface area contributed by atoms with Gasteiger partial charge in [0.2, 0.25) is 0 Å². The average Bonchev–Trinajstić information content (AvgIpc) is 2.74. The molecule has 1 aromatic heterocycles. The summed E-state index contributed by atoms with van der Waals surface area (Å²) < 4.78 is 11.2. The average molecular weight is 389 g/mol. The third kappa shape index (κ3) is 7.42. The second-order valence-electron chi connectivity index (χ2n) is 6.56. The maximum absolute atomic E-state index is 10.2. The lowest BCUT2D eigenvalue weighted by Gasteiger charge is -2.22. The third-order valence-electron chi connectivity index (χ3n) is 4.53. The molecule has 0 aliphatic rings. The van der Waals surface area contributed by atoms with E-state index in [9.17, 15) is 5.11 Å². The lowest BCUT2D eigenvalue weighted by molar-refractivity contribution is 0.0705. The van der Waals surface area contributed by atoms with Crippen molar-refractivity contribution < 1.29 is 14.6 Å². The molecule has 28 heavy (non-hydrogen) atoms. The van der Waals surface area contributed by atoms with Crippen molar-refractivity contribution in [3.8, 4) is 11.5 Å². The van der Waals surface area contributed by atoms with Gasteiger partial charge in [-0.3, -0.25) is 9.97 Å². The molecule has 0 unspecified atom stereocenters. The fourth-order valence-corrected chi connectivity index (χ4v) is 2.87. The molecule has 0 bridgehead atoms. The molecule has 2 rings (SSSR count). The normalized spacial score (nSPS) is 12.2. The Bertz CT molecular complexity index is 681. The number of aromatic nitrogens is 2. The predicted molar refractivity (Wildman–Crippen MR) is 110 cm³/mol. The summed E-state index contributed by atoms with van der Waals surface area (Å²) >= 11 is 0. The van der Waals surface area contributed by atoms with Gasteiger partial charge in [0, 0.05) is 44.6 Å².